The summed E-state index contributed by atoms with van der Waals surface area (Å²) in [7, 11) is 0. The van der Waals surface area contributed by atoms with E-state index in [0.29, 0.717) is 22.2 Å². The lowest BCUT2D eigenvalue weighted by Gasteiger charge is -2.06. The molecule has 0 fully saturated rings. The molecule has 5 nitrogen and oxygen atoms in total. The fourth-order valence-corrected chi connectivity index (χ4v) is 2.19. The zero-order chi connectivity index (χ0) is 15.0. The number of hydrogen-bond acceptors (Lipinski definition) is 4. The van der Waals surface area contributed by atoms with Crippen LogP contribution in [0.2, 0.25) is 0 Å². The number of fused-ring (bicyclic) bond motifs is 1. The maximum absolute atomic E-state index is 12.1. The number of carboxylic acids is 1. The van der Waals surface area contributed by atoms with Gasteiger partial charge in [0, 0.05) is 23.4 Å². The highest BCUT2D eigenvalue weighted by molar-refractivity contribution is 5.95. The van der Waals surface area contributed by atoms with Gasteiger partial charge in [-0.2, -0.15) is 0 Å². The molecule has 1 aromatic heterocycles. The maximum Gasteiger partial charge on any atom is 0.336 e. The van der Waals surface area contributed by atoms with E-state index < -0.39 is 5.97 Å². The van der Waals surface area contributed by atoms with Crippen LogP contribution in [0, 0.1) is 0 Å². The van der Waals surface area contributed by atoms with Crippen molar-refractivity contribution in [1.82, 2.24) is 0 Å². The molecule has 3 rings (SSSR count). The highest BCUT2D eigenvalue weighted by Crippen LogP contribution is 2.26. The number of nitrogens with two attached hydrogens (primary N) is 1. The van der Waals surface area contributed by atoms with Crippen molar-refractivity contribution in [1.29, 1.82) is 0 Å². The lowest BCUT2D eigenvalue weighted by atomic mass is 10.0. The molecule has 0 saturated heterocycles. The van der Waals surface area contributed by atoms with E-state index in [-0.39, 0.29) is 16.8 Å². The van der Waals surface area contributed by atoms with Crippen LogP contribution in [0.1, 0.15) is 10.4 Å². The van der Waals surface area contributed by atoms with Crippen molar-refractivity contribution in [3.8, 4) is 11.3 Å². The Bertz CT molecular complexity index is 912. The van der Waals surface area contributed by atoms with Crippen LogP contribution < -0.4 is 11.2 Å². The van der Waals surface area contributed by atoms with Crippen molar-refractivity contribution in [2.24, 2.45) is 0 Å². The molecule has 2 aromatic carbocycles. The van der Waals surface area contributed by atoms with Crippen LogP contribution in [-0.2, 0) is 0 Å². The van der Waals surface area contributed by atoms with Crippen molar-refractivity contribution in [3.05, 3.63) is 64.3 Å². The van der Waals surface area contributed by atoms with Gasteiger partial charge in [-0.3, -0.25) is 4.79 Å². The highest BCUT2D eigenvalue weighted by Gasteiger charge is 2.14. The molecule has 0 aliphatic rings. The summed E-state index contributed by atoms with van der Waals surface area (Å²) in [6, 6.07) is 12.4. The number of nitrogen functional groups attached to an aromatic ring is 1. The first-order valence-corrected chi connectivity index (χ1v) is 6.22. The van der Waals surface area contributed by atoms with Gasteiger partial charge in [0.2, 0.25) is 0 Å². The van der Waals surface area contributed by atoms with E-state index in [9.17, 15) is 14.7 Å². The zero-order valence-electron chi connectivity index (χ0n) is 10.9. The van der Waals surface area contributed by atoms with Crippen LogP contribution in [0.15, 0.2) is 57.7 Å². The standard InChI is InChI=1S/C16H11NO4/c17-9-5-6-12-13(18)8-15(21-14(12)7-9)10-3-1-2-4-11(10)16(19)20/h1-8H,17H2,(H,19,20). The normalized spacial score (nSPS) is 10.7. The fraction of sp³-hybridized carbons (Fsp3) is 0. The number of carboxylic acid groups (broad SMARTS) is 1. The Morgan fingerprint density at radius 2 is 1.86 bits per heavy atom. The minimum atomic E-state index is -1.08. The molecule has 3 N–H and O–H groups in total. The van der Waals surface area contributed by atoms with E-state index in [2.05, 4.69) is 0 Å². The van der Waals surface area contributed by atoms with Crippen molar-refractivity contribution in [3.63, 3.8) is 0 Å². The Labute approximate surface area is 119 Å². The van der Waals surface area contributed by atoms with E-state index in [4.69, 9.17) is 10.2 Å². The smallest absolute Gasteiger partial charge is 0.336 e. The molecule has 5 heteroatoms. The van der Waals surface area contributed by atoms with Crippen molar-refractivity contribution in [2.75, 3.05) is 5.73 Å². The molecule has 0 aliphatic carbocycles. The number of aromatic carboxylic acids is 1. The molecule has 0 radical (unpaired) electrons. The number of benzene rings is 2. The molecular formula is C16H11NO4. The third kappa shape index (κ3) is 2.25. The average Bonchev–Trinajstić information content (AvgIpc) is 2.46. The third-order valence-electron chi connectivity index (χ3n) is 3.18. The predicted molar refractivity (Wildman–Crippen MR) is 79.3 cm³/mol. The molecule has 0 bridgehead atoms. The summed E-state index contributed by atoms with van der Waals surface area (Å²) in [6.45, 7) is 0. The summed E-state index contributed by atoms with van der Waals surface area (Å²) >= 11 is 0. The second-order valence-electron chi connectivity index (χ2n) is 4.58. The van der Waals surface area contributed by atoms with E-state index in [1.54, 1.807) is 36.4 Å². The number of rotatable bonds is 2. The summed E-state index contributed by atoms with van der Waals surface area (Å²) < 4.78 is 5.66. The predicted octanol–water partition coefficient (Wildman–Crippen LogP) is 2.74. The summed E-state index contributed by atoms with van der Waals surface area (Å²) in [6.07, 6.45) is 0. The summed E-state index contributed by atoms with van der Waals surface area (Å²) in [5.41, 5.74) is 6.67. The van der Waals surface area contributed by atoms with Gasteiger partial charge < -0.3 is 15.3 Å². The van der Waals surface area contributed by atoms with Crippen molar-refractivity contribution >= 4 is 22.6 Å². The molecule has 21 heavy (non-hydrogen) atoms. The number of carbonyl (C=O) groups is 1. The van der Waals surface area contributed by atoms with Crippen molar-refractivity contribution < 1.29 is 14.3 Å². The molecule has 3 aromatic rings. The highest BCUT2D eigenvalue weighted by atomic mass is 16.4. The fourth-order valence-electron chi connectivity index (χ4n) is 2.19. The Kier molecular flexibility index (Phi) is 2.95. The Balaban J connectivity index is 2.31. The van der Waals surface area contributed by atoms with E-state index in [0.717, 1.165) is 0 Å². The molecule has 0 spiro atoms. The van der Waals surface area contributed by atoms with Crippen molar-refractivity contribution in [2.45, 2.75) is 0 Å². The third-order valence-corrected chi connectivity index (χ3v) is 3.18. The van der Waals surface area contributed by atoms with Crippen LogP contribution in [0.5, 0.6) is 0 Å². The van der Waals surface area contributed by atoms with Gasteiger partial charge in [-0.25, -0.2) is 4.79 Å². The Morgan fingerprint density at radius 1 is 1.10 bits per heavy atom. The van der Waals surface area contributed by atoms with Crippen LogP contribution in [0.25, 0.3) is 22.3 Å². The quantitative estimate of drug-likeness (QED) is 0.704. The molecule has 0 aliphatic heterocycles. The second kappa shape index (κ2) is 4.79. The Morgan fingerprint density at radius 3 is 2.62 bits per heavy atom. The first kappa shape index (κ1) is 12.9. The number of hydrogen-bond donors (Lipinski definition) is 2. The van der Waals surface area contributed by atoms with Gasteiger partial charge >= 0.3 is 5.97 Å². The van der Waals surface area contributed by atoms with Gasteiger partial charge in [0.05, 0.1) is 10.9 Å². The number of anilines is 1. The van der Waals surface area contributed by atoms with Gasteiger partial charge in [-0.1, -0.05) is 18.2 Å². The average molecular weight is 281 g/mol. The van der Waals surface area contributed by atoms with Gasteiger partial charge in [0.25, 0.3) is 0 Å². The van der Waals surface area contributed by atoms with Gasteiger partial charge in [-0.15, -0.1) is 0 Å². The summed E-state index contributed by atoms with van der Waals surface area (Å²) in [4.78, 5) is 23.4. The second-order valence-corrected chi connectivity index (χ2v) is 4.58. The molecule has 0 atom stereocenters. The SMILES string of the molecule is Nc1ccc2c(=O)cc(-c3ccccc3C(=O)O)oc2c1. The first-order chi connectivity index (χ1) is 10.1. The summed E-state index contributed by atoms with van der Waals surface area (Å²) in [5, 5.41) is 9.62. The molecule has 0 amide bonds. The van der Waals surface area contributed by atoms with E-state index in [1.807, 2.05) is 0 Å². The zero-order valence-corrected chi connectivity index (χ0v) is 10.9. The molecule has 0 unspecified atom stereocenters. The molecule has 104 valence electrons. The molecular weight excluding hydrogens is 270 g/mol. The van der Waals surface area contributed by atoms with Crippen LogP contribution in [-0.4, -0.2) is 11.1 Å². The van der Waals surface area contributed by atoms with Crippen LogP contribution in [0.4, 0.5) is 5.69 Å². The largest absolute Gasteiger partial charge is 0.478 e. The lowest BCUT2D eigenvalue weighted by Crippen LogP contribution is -2.04. The van der Waals surface area contributed by atoms with E-state index in [1.165, 1.54) is 12.1 Å². The molecule has 1 heterocycles. The van der Waals surface area contributed by atoms with Gasteiger partial charge in [0.1, 0.15) is 11.3 Å². The van der Waals surface area contributed by atoms with Gasteiger partial charge in [0.15, 0.2) is 5.43 Å². The topological polar surface area (TPSA) is 93.5 Å². The molecule has 0 saturated carbocycles. The minimum absolute atomic E-state index is 0.0731. The summed E-state index contributed by atoms with van der Waals surface area (Å²) in [5.74, 6) is -0.878. The first-order valence-electron chi connectivity index (χ1n) is 6.22. The lowest BCUT2D eigenvalue weighted by molar-refractivity contribution is 0.0697. The minimum Gasteiger partial charge on any atom is -0.478 e. The Hall–Kier alpha value is -3.08. The monoisotopic (exact) mass is 281 g/mol. The van der Waals surface area contributed by atoms with Gasteiger partial charge in [-0.05, 0) is 18.2 Å². The van der Waals surface area contributed by atoms with Crippen LogP contribution >= 0.6 is 0 Å². The van der Waals surface area contributed by atoms with E-state index >= 15 is 0 Å². The van der Waals surface area contributed by atoms with Crippen LogP contribution in [0.3, 0.4) is 0 Å². The maximum atomic E-state index is 12.1.